The van der Waals surface area contributed by atoms with Gasteiger partial charge in [0, 0.05) is 39.8 Å². The minimum Gasteiger partial charge on any atom is -0.383 e. The molecule has 1 saturated heterocycles. The van der Waals surface area contributed by atoms with Gasteiger partial charge in [0.2, 0.25) is 10.0 Å². The number of methoxy groups -OCH3 is 1. The highest BCUT2D eigenvalue weighted by molar-refractivity contribution is 7.89. The van der Waals surface area contributed by atoms with Gasteiger partial charge in [0.25, 0.3) is 0 Å². The van der Waals surface area contributed by atoms with Crippen LogP contribution in [0.2, 0.25) is 0 Å². The number of unbranched alkanes of at least 4 members (excludes halogenated alkanes) is 1. The van der Waals surface area contributed by atoms with Crippen molar-refractivity contribution in [3.63, 3.8) is 0 Å². The predicted molar refractivity (Wildman–Crippen MR) is 68.6 cm³/mol. The summed E-state index contributed by atoms with van der Waals surface area (Å²) < 4.78 is 30.5. The molecule has 0 aliphatic carbocycles. The van der Waals surface area contributed by atoms with E-state index in [4.69, 9.17) is 4.74 Å². The van der Waals surface area contributed by atoms with Crippen LogP contribution in [0.1, 0.15) is 19.8 Å². The van der Waals surface area contributed by atoms with Gasteiger partial charge in [-0.2, -0.15) is 4.31 Å². The fourth-order valence-electron chi connectivity index (χ4n) is 1.91. The first-order chi connectivity index (χ1) is 8.10. The Bertz CT molecular complexity index is 298. The number of nitrogens with zero attached hydrogens (tertiary/aromatic N) is 2. The van der Waals surface area contributed by atoms with Gasteiger partial charge in [-0.25, -0.2) is 8.42 Å². The summed E-state index contributed by atoms with van der Waals surface area (Å²) in [5, 5.41) is 0. The molecule has 0 N–H and O–H groups in total. The molecule has 1 fully saturated rings. The van der Waals surface area contributed by atoms with E-state index in [9.17, 15) is 8.42 Å². The summed E-state index contributed by atoms with van der Waals surface area (Å²) in [7, 11) is -1.33. The van der Waals surface area contributed by atoms with Crippen LogP contribution in [0.4, 0.5) is 0 Å². The van der Waals surface area contributed by atoms with Gasteiger partial charge >= 0.3 is 0 Å². The highest BCUT2D eigenvalue weighted by atomic mass is 32.2. The van der Waals surface area contributed by atoms with Gasteiger partial charge in [-0.3, -0.25) is 4.90 Å². The Hall–Kier alpha value is -0.170. The molecule has 1 rings (SSSR count). The fourth-order valence-corrected chi connectivity index (χ4v) is 3.54. The number of hydrogen-bond donors (Lipinski definition) is 0. The van der Waals surface area contributed by atoms with Crippen molar-refractivity contribution in [2.75, 3.05) is 52.2 Å². The van der Waals surface area contributed by atoms with Gasteiger partial charge in [0.1, 0.15) is 0 Å². The molecule has 0 aromatic carbocycles. The standard InChI is InChI=1S/C11H24N2O3S/c1-3-4-11-17(14,15)13-7-5-12(6-8-13)9-10-16-2/h3-11H2,1-2H3. The first-order valence-corrected chi connectivity index (χ1v) is 7.90. The molecule has 0 atom stereocenters. The van der Waals surface area contributed by atoms with Crippen molar-refractivity contribution >= 4 is 10.0 Å². The predicted octanol–water partition coefficient (Wildman–Crippen LogP) is 0.380. The zero-order valence-electron chi connectivity index (χ0n) is 10.9. The van der Waals surface area contributed by atoms with E-state index in [0.29, 0.717) is 25.4 Å². The minimum atomic E-state index is -3.01. The molecule has 1 aliphatic rings. The van der Waals surface area contributed by atoms with Crippen molar-refractivity contribution in [3.05, 3.63) is 0 Å². The molecule has 0 unspecified atom stereocenters. The first kappa shape index (κ1) is 14.9. The van der Waals surface area contributed by atoms with Gasteiger partial charge in [0.05, 0.1) is 12.4 Å². The lowest BCUT2D eigenvalue weighted by molar-refractivity contribution is 0.123. The molecule has 5 nitrogen and oxygen atoms in total. The van der Waals surface area contributed by atoms with E-state index in [1.165, 1.54) is 0 Å². The van der Waals surface area contributed by atoms with Crippen molar-refractivity contribution in [3.8, 4) is 0 Å². The maximum atomic E-state index is 11.9. The molecule has 0 aromatic rings. The van der Waals surface area contributed by atoms with Gasteiger partial charge in [0.15, 0.2) is 0 Å². The Morgan fingerprint density at radius 2 is 1.82 bits per heavy atom. The number of hydrogen-bond acceptors (Lipinski definition) is 4. The lowest BCUT2D eigenvalue weighted by Crippen LogP contribution is -2.49. The van der Waals surface area contributed by atoms with E-state index in [0.717, 1.165) is 32.5 Å². The molecule has 17 heavy (non-hydrogen) atoms. The molecule has 0 saturated carbocycles. The third-order valence-corrected chi connectivity index (χ3v) is 5.05. The maximum absolute atomic E-state index is 11.9. The van der Waals surface area contributed by atoms with E-state index >= 15 is 0 Å². The topological polar surface area (TPSA) is 49.9 Å². The van der Waals surface area contributed by atoms with Crippen LogP contribution in [0.3, 0.4) is 0 Å². The summed E-state index contributed by atoms with van der Waals surface area (Å²) in [6.07, 6.45) is 1.68. The van der Waals surface area contributed by atoms with Crippen LogP contribution in [0, 0.1) is 0 Å². The van der Waals surface area contributed by atoms with Crippen LogP contribution < -0.4 is 0 Å². The summed E-state index contributed by atoms with van der Waals surface area (Å²) in [5.41, 5.74) is 0. The molecule has 1 heterocycles. The Labute approximate surface area is 105 Å². The number of sulfonamides is 1. The van der Waals surface area contributed by atoms with Crippen molar-refractivity contribution in [1.29, 1.82) is 0 Å². The number of ether oxygens (including phenoxy) is 1. The van der Waals surface area contributed by atoms with Crippen LogP contribution in [0.5, 0.6) is 0 Å². The van der Waals surface area contributed by atoms with Crippen LogP contribution in [-0.2, 0) is 14.8 Å². The van der Waals surface area contributed by atoms with Gasteiger partial charge in [-0.1, -0.05) is 13.3 Å². The van der Waals surface area contributed by atoms with Crippen LogP contribution in [0.15, 0.2) is 0 Å². The summed E-state index contributed by atoms with van der Waals surface area (Å²) in [6, 6.07) is 0. The van der Waals surface area contributed by atoms with Crippen LogP contribution >= 0.6 is 0 Å². The normalized spacial score (nSPS) is 19.6. The SMILES string of the molecule is CCCCS(=O)(=O)N1CCN(CCOC)CC1. The third-order valence-electron chi connectivity index (χ3n) is 3.09. The van der Waals surface area contributed by atoms with E-state index in [-0.39, 0.29) is 0 Å². The highest BCUT2D eigenvalue weighted by Gasteiger charge is 2.25. The zero-order chi connectivity index (χ0) is 12.7. The molecular formula is C11H24N2O3S. The van der Waals surface area contributed by atoms with Crippen molar-refractivity contribution in [2.24, 2.45) is 0 Å². The van der Waals surface area contributed by atoms with Crippen molar-refractivity contribution in [1.82, 2.24) is 9.21 Å². The highest BCUT2D eigenvalue weighted by Crippen LogP contribution is 2.09. The monoisotopic (exact) mass is 264 g/mol. The van der Waals surface area contributed by atoms with E-state index < -0.39 is 10.0 Å². The second-order valence-corrected chi connectivity index (χ2v) is 6.49. The maximum Gasteiger partial charge on any atom is 0.214 e. The Balaban J connectivity index is 2.35. The zero-order valence-corrected chi connectivity index (χ0v) is 11.7. The third kappa shape index (κ3) is 4.91. The number of piperazine rings is 1. The largest absolute Gasteiger partial charge is 0.383 e. The van der Waals surface area contributed by atoms with Crippen molar-refractivity contribution < 1.29 is 13.2 Å². The van der Waals surface area contributed by atoms with E-state index in [2.05, 4.69) is 4.90 Å². The molecule has 0 amide bonds. The summed E-state index contributed by atoms with van der Waals surface area (Å²) in [5.74, 6) is 0.293. The smallest absolute Gasteiger partial charge is 0.214 e. The average molecular weight is 264 g/mol. The van der Waals surface area contributed by atoms with Crippen LogP contribution in [-0.4, -0.2) is 69.8 Å². The van der Waals surface area contributed by atoms with Crippen molar-refractivity contribution in [2.45, 2.75) is 19.8 Å². The Kier molecular flexibility index (Phi) is 6.40. The minimum absolute atomic E-state index is 0.293. The lowest BCUT2D eigenvalue weighted by atomic mass is 10.3. The molecular weight excluding hydrogens is 240 g/mol. The van der Waals surface area contributed by atoms with Gasteiger partial charge < -0.3 is 4.74 Å². The molecule has 102 valence electrons. The fraction of sp³-hybridized carbons (Fsp3) is 1.00. The second-order valence-electron chi connectivity index (χ2n) is 4.40. The van der Waals surface area contributed by atoms with Gasteiger partial charge in [-0.15, -0.1) is 0 Å². The molecule has 6 heteroatoms. The molecule has 0 bridgehead atoms. The Morgan fingerprint density at radius 3 is 2.35 bits per heavy atom. The Morgan fingerprint density at radius 1 is 1.18 bits per heavy atom. The van der Waals surface area contributed by atoms with Crippen LogP contribution in [0.25, 0.3) is 0 Å². The molecule has 1 aliphatic heterocycles. The summed E-state index contributed by atoms with van der Waals surface area (Å²) in [6.45, 7) is 6.48. The second kappa shape index (κ2) is 7.31. The van der Waals surface area contributed by atoms with Gasteiger partial charge in [-0.05, 0) is 6.42 Å². The first-order valence-electron chi connectivity index (χ1n) is 6.29. The summed E-state index contributed by atoms with van der Waals surface area (Å²) in [4.78, 5) is 2.25. The molecule has 0 spiro atoms. The molecule has 0 radical (unpaired) electrons. The quantitative estimate of drug-likeness (QED) is 0.667. The summed E-state index contributed by atoms with van der Waals surface area (Å²) >= 11 is 0. The van der Waals surface area contributed by atoms with E-state index in [1.54, 1.807) is 11.4 Å². The molecule has 0 aromatic heterocycles. The van der Waals surface area contributed by atoms with E-state index in [1.807, 2.05) is 6.92 Å². The lowest BCUT2D eigenvalue weighted by Gasteiger charge is -2.33. The number of rotatable bonds is 7. The average Bonchev–Trinajstić information content (AvgIpc) is 2.34.